The summed E-state index contributed by atoms with van der Waals surface area (Å²) in [4.78, 5) is 19.0. The van der Waals surface area contributed by atoms with Gasteiger partial charge in [-0.25, -0.2) is 4.39 Å². The molecule has 0 N–H and O–H groups in total. The van der Waals surface area contributed by atoms with E-state index in [4.69, 9.17) is 9.26 Å². The van der Waals surface area contributed by atoms with Crippen molar-refractivity contribution < 1.29 is 18.4 Å². The standard InChI is InChI=1S/C24H22FN5O3/c1-29-20-11-12-30(22(31)15-32-18-9-7-17(25)8-10-18)14-19(20)23(27-29)24-26-21(28-33-24)13-16-5-3-2-4-6-16/h2-10H,11-15H2,1H3. The first-order valence-corrected chi connectivity index (χ1v) is 10.6. The van der Waals surface area contributed by atoms with E-state index in [1.165, 1.54) is 24.3 Å². The third kappa shape index (κ3) is 4.48. The van der Waals surface area contributed by atoms with Gasteiger partial charge < -0.3 is 14.2 Å². The lowest BCUT2D eigenvalue weighted by Gasteiger charge is -2.27. The lowest BCUT2D eigenvalue weighted by Crippen LogP contribution is -2.39. The van der Waals surface area contributed by atoms with Crippen LogP contribution >= 0.6 is 0 Å². The van der Waals surface area contributed by atoms with Gasteiger partial charge in [0.1, 0.15) is 11.6 Å². The van der Waals surface area contributed by atoms with Crippen LogP contribution in [-0.4, -0.2) is 43.9 Å². The molecule has 0 radical (unpaired) electrons. The zero-order valence-electron chi connectivity index (χ0n) is 18.1. The lowest BCUT2D eigenvalue weighted by molar-refractivity contribution is -0.134. The van der Waals surface area contributed by atoms with Gasteiger partial charge in [0, 0.05) is 44.2 Å². The predicted octanol–water partition coefficient (Wildman–Crippen LogP) is 3.16. The Bertz CT molecular complexity index is 1270. The summed E-state index contributed by atoms with van der Waals surface area (Å²) in [6.07, 6.45) is 1.22. The quantitative estimate of drug-likeness (QED) is 0.451. The van der Waals surface area contributed by atoms with Crippen molar-refractivity contribution in [3.8, 4) is 17.3 Å². The molecule has 8 nitrogen and oxygen atoms in total. The number of hydrogen-bond donors (Lipinski definition) is 0. The van der Waals surface area contributed by atoms with Crippen molar-refractivity contribution in [2.24, 2.45) is 7.05 Å². The Morgan fingerprint density at radius 2 is 1.94 bits per heavy atom. The van der Waals surface area contributed by atoms with Gasteiger partial charge >= 0.3 is 0 Å². The smallest absolute Gasteiger partial charge is 0.278 e. The summed E-state index contributed by atoms with van der Waals surface area (Å²) in [5, 5.41) is 8.70. The van der Waals surface area contributed by atoms with Gasteiger partial charge in [0.15, 0.2) is 18.1 Å². The largest absolute Gasteiger partial charge is 0.484 e. The molecule has 0 atom stereocenters. The van der Waals surface area contributed by atoms with Crippen molar-refractivity contribution in [3.05, 3.63) is 83.1 Å². The molecule has 2 aromatic carbocycles. The fraction of sp³-hybridized carbons (Fsp3) is 0.250. The first-order valence-electron chi connectivity index (χ1n) is 10.6. The average Bonchev–Trinajstić information content (AvgIpc) is 3.43. The third-order valence-electron chi connectivity index (χ3n) is 5.65. The van der Waals surface area contributed by atoms with Crippen LogP contribution in [0.2, 0.25) is 0 Å². The van der Waals surface area contributed by atoms with Gasteiger partial charge in [0.2, 0.25) is 0 Å². The highest BCUT2D eigenvalue weighted by atomic mass is 19.1. The highest BCUT2D eigenvalue weighted by molar-refractivity contribution is 5.78. The van der Waals surface area contributed by atoms with Crippen LogP contribution in [0.15, 0.2) is 59.1 Å². The minimum atomic E-state index is -0.353. The lowest BCUT2D eigenvalue weighted by atomic mass is 10.0. The molecule has 9 heteroatoms. The van der Waals surface area contributed by atoms with Crippen molar-refractivity contribution in [1.29, 1.82) is 0 Å². The van der Waals surface area contributed by atoms with Gasteiger partial charge in [0.25, 0.3) is 11.8 Å². The van der Waals surface area contributed by atoms with Crippen LogP contribution in [0, 0.1) is 5.82 Å². The monoisotopic (exact) mass is 447 g/mol. The molecule has 0 bridgehead atoms. The highest BCUT2D eigenvalue weighted by Crippen LogP contribution is 2.29. The van der Waals surface area contributed by atoms with Crippen LogP contribution in [0.5, 0.6) is 5.75 Å². The number of rotatable bonds is 6. The molecule has 0 saturated carbocycles. The summed E-state index contributed by atoms with van der Waals surface area (Å²) in [5.41, 5.74) is 3.62. The fourth-order valence-electron chi connectivity index (χ4n) is 3.94. The molecule has 1 aliphatic rings. The molecule has 33 heavy (non-hydrogen) atoms. The van der Waals surface area contributed by atoms with Crippen LogP contribution in [0.25, 0.3) is 11.6 Å². The summed E-state index contributed by atoms with van der Waals surface area (Å²) in [6, 6.07) is 15.5. The Morgan fingerprint density at radius 3 is 2.73 bits per heavy atom. The number of nitrogens with zero attached hydrogens (tertiary/aromatic N) is 5. The molecule has 0 spiro atoms. The van der Waals surface area contributed by atoms with Gasteiger partial charge in [0.05, 0.1) is 0 Å². The van der Waals surface area contributed by atoms with E-state index in [9.17, 15) is 9.18 Å². The molecule has 0 aliphatic carbocycles. The first-order chi connectivity index (χ1) is 16.1. The van der Waals surface area contributed by atoms with E-state index in [0.717, 1.165) is 16.8 Å². The second-order valence-corrected chi connectivity index (χ2v) is 7.88. The van der Waals surface area contributed by atoms with Gasteiger partial charge in [-0.15, -0.1) is 0 Å². The Labute approximate surface area is 189 Å². The van der Waals surface area contributed by atoms with E-state index >= 15 is 0 Å². The molecule has 2 aromatic heterocycles. The van der Waals surface area contributed by atoms with E-state index in [2.05, 4.69) is 15.2 Å². The molecule has 3 heterocycles. The number of benzene rings is 2. The number of aryl methyl sites for hydroxylation is 1. The number of carbonyl (C=O) groups excluding carboxylic acids is 1. The van der Waals surface area contributed by atoms with Crippen LogP contribution in [0.1, 0.15) is 22.6 Å². The molecule has 5 rings (SSSR count). The van der Waals surface area contributed by atoms with Gasteiger partial charge in [-0.1, -0.05) is 35.5 Å². The molecule has 1 amide bonds. The number of ether oxygens (including phenoxy) is 1. The molecule has 0 saturated heterocycles. The SMILES string of the molecule is Cn1nc(-c2nc(Cc3ccccc3)no2)c2c1CCN(C(=O)COc1ccc(F)cc1)C2. The average molecular weight is 447 g/mol. The van der Waals surface area contributed by atoms with E-state index in [1.54, 1.807) is 4.90 Å². The van der Waals surface area contributed by atoms with Gasteiger partial charge in [-0.3, -0.25) is 9.48 Å². The van der Waals surface area contributed by atoms with Crippen LogP contribution in [0.3, 0.4) is 0 Å². The summed E-state index contributed by atoms with van der Waals surface area (Å²) in [7, 11) is 1.87. The zero-order valence-corrected chi connectivity index (χ0v) is 18.1. The van der Waals surface area contributed by atoms with Crippen LogP contribution in [0.4, 0.5) is 4.39 Å². The molecular formula is C24H22FN5O3. The third-order valence-corrected chi connectivity index (χ3v) is 5.65. The summed E-state index contributed by atoms with van der Waals surface area (Å²) in [6.45, 7) is 0.805. The minimum Gasteiger partial charge on any atom is -0.484 e. The van der Waals surface area contributed by atoms with Crippen molar-refractivity contribution >= 4 is 5.91 Å². The minimum absolute atomic E-state index is 0.127. The highest BCUT2D eigenvalue weighted by Gasteiger charge is 2.29. The Hall–Kier alpha value is -4.01. The number of carbonyl (C=O) groups is 1. The first kappa shape index (κ1) is 20.9. The molecule has 168 valence electrons. The Morgan fingerprint density at radius 1 is 1.15 bits per heavy atom. The molecule has 0 fully saturated rings. The number of hydrogen-bond acceptors (Lipinski definition) is 6. The van der Waals surface area contributed by atoms with E-state index < -0.39 is 0 Å². The zero-order chi connectivity index (χ0) is 22.8. The van der Waals surface area contributed by atoms with Crippen molar-refractivity contribution in [2.45, 2.75) is 19.4 Å². The van der Waals surface area contributed by atoms with Crippen LogP contribution < -0.4 is 4.74 Å². The van der Waals surface area contributed by atoms with Crippen molar-refractivity contribution in [2.75, 3.05) is 13.2 Å². The molecular weight excluding hydrogens is 425 g/mol. The number of halogens is 1. The Kier molecular flexibility index (Phi) is 5.60. The maximum absolute atomic E-state index is 13.1. The summed E-state index contributed by atoms with van der Waals surface area (Å²) in [5.74, 6) is 0.854. The number of amides is 1. The van der Waals surface area contributed by atoms with Gasteiger partial charge in [-0.2, -0.15) is 10.1 Å². The normalized spacial score (nSPS) is 13.1. The second-order valence-electron chi connectivity index (χ2n) is 7.88. The maximum Gasteiger partial charge on any atom is 0.278 e. The maximum atomic E-state index is 13.1. The predicted molar refractivity (Wildman–Crippen MR) is 117 cm³/mol. The van der Waals surface area contributed by atoms with Gasteiger partial charge in [-0.05, 0) is 29.8 Å². The number of aromatic nitrogens is 4. The molecule has 1 aliphatic heterocycles. The number of fused-ring (bicyclic) bond motifs is 1. The molecule has 4 aromatic rings. The topological polar surface area (TPSA) is 86.3 Å². The van der Waals surface area contributed by atoms with Crippen molar-refractivity contribution in [1.82, 2.24) is 24.8 Å². The summed E-state index contributed by atoms with van der Waals surface area (Å²) >= 11 is 0. The van der Waals surface area contributed by atoms with Crippen molar-refractivity contribution in [3.63, 3.8) is 0 Å². The van der Waals surface area contributed by atoms with Crippen LogP contribution in [-0.2, 0) is 31.2 Å². The summed E-state index contributed by atoms with van der Waals surface area (Å²) < 4.78 is 25.9. The fourth-order valence-corrected chi connectivity index (χ4v) is 3.94. The van der Waals surface area contributed by atoms with E-state index in [0.29, 0.717) is 49.1 Å². The second kappa shape index (κ2) is 8.85. The van der Waals surface area contributed by atoms with E-state index in [-0.39, 0.29) is 18.3 Å². The Balaban J connectivity index is 1.30. The van der Waals surface area contributed by atoms with E-state index in [1.807, 2.05) is 42.1 Å². The molecule has 0 unspecified atom stereocenters.